The van der Waals surface area contributed by atoms with Crippen LogP contribution in [0.3, 0.4) is 0 Å². The molecule has 6 rings (SSSR count). The molecule has 3 unspecified atom stereocenters. The van der Waals surface area contributed by atoms with Crippen LogP contribution in [0, 0.1) is 17.3 Å². The third-order valence-electron chi connectivity index (χ3n) is 7.40. The molecule has 1 amide bonds. The van der Waals surface area contributed by atoms with Crippen molar-refractivity contribution in [1.82, 2.24) is 9.88 Å². The van der Waals surface area contributed by atoms with Gasteiger partial charge in [-0.15, -0.1) is 0 Å². The maximum atomic E-state index is 13.5. The molecule has 4 heteroatoms. The van der Waals surface area contributed by atoms with Gasteiger partial charge in [0.05, 0.1) is 11.7 Å². The summed E-state index contributed by atoms with van der Waals surface area (Å²) in [5, 5.41) is 0. The largest absolute Gasteiger partial charge is 0.331 e. The predicted octanol–water partition coefficient (Wildman–Crippen LogP) is 5.26. The van der Waals surface area contributed by atoms with Gasteiger partial charge < -0.3 is 4.90 Å². The van der Waals surface area contributed by atoms with Crippen LogP contribution in [0.15, 0.2) is 24.4 Å². The first-order valence-electron chi connectivity index (χ1n) is 10.4. The van der Waals surface area contributed by atoms with Crippen LogP contribution in [0.5, 0.6) is 0 Å². The molecule has 3 nitrogen and oxygen atoms in total. The zero-order valence-electron chi connectivity index (χ0n) is 15.7. The number of nitrogens with zero attached hydrogens (tertiary/aromatic N) is 2. The van der Waals surface area contributed by atoms with Crippen molar-refractivity contribution in [3.63, 3.8) is 0 Å². The van der Waals surface area contributed by atoms with Gasteiger partial charge in [0.15, 0.2) is 0 Å². The zero-order chi connectivity index (χ0) is 17.9. The summed E-state index contributed by atoms with van der Waals surface area (Å²) in [4.78, 5) is 20.2. The van der Waals surface area contributed by atoms with E-state index in [1.54, 1.807) is 0 Å². The fourth-order valence-corrected chi connectivity index (χ4v) is 8.32. The Morgan fingerprint density at radius 3 is 2.58 bits per heavy atom. The van der Waals surface area contributed by atoms with Crippen LogP contribution in [0.25, 0.3) is 0 Å². The first-order valence-corrected chi connectivity index (χ1v) is 11.2. The van der Waals surface area contributed by atoms with Gasteiger partial charge in [-0.25, -0.2) is 0 Å². The van der Waals surface area contributed by atoms with E-state index >= 15 is 0 Å². The minimum absolute atomic E-state index is 0.0862. The van der Waals surface area contributed by atoms with E-state index in [2.05, 4.69) is 38.8 Å². The van der Waals surface area contributed by atoms with Crippen LogP contribution in [0.1, 0.15) is 76.4 Å². The summed E-state index contributed by atoms with van der Waals surface area (Å²) >= 11 is 4.09. The summed E-state index contributed by atoms with van der Waals surface area (Å²) in [6, 6.07) is 6.56. The highest BCUT2D eigenvalue weighted by Gasteiger charge is 2.57. The third-order valence-corrected chi connectivity index (χ3v) is 8.33. The third kappa shape index (κ3) is 3.02. The van der Waals surface area contributed by atoms with E-state index in [0.717, 1.165) is 36.8 Å². The summed E-state index contributed by atoms with van der Waals surface area (Å²) in [6.45, 7) is 2.16. The van der Waals surface area contributed by atoms with Crippen LogP contribution in [-0.2, 0) is 4.79 Å². The average Bonchev–Trinajstić information content (AvgIpc) is 3.37. The number of alkyl halides is 1. The van der Waals surface area contributed by atoms with E-state index < -0.39 is 0 Å². The van der Waals surface area contributed by atoms with Crippen molar-refractivity contribution in [2.24, 2.45) is 17.3 Å². The molecule has 0 radical (unpaired) electrons. The maximum Gasteiger partial charge on any atom is 0.223 e. The van der Waals surface area contributed by atoms with Crippen molar-refractivity contribution in [3.8, 4) is 0 Å². The fraction of sp³-hybridized carbons (Fsp3) is 0.727. The zero-order valence-corrected chi connectivity index (χ0v) is 17.2. The fourth-order valence-electron chi connectivity index (χ4n) is 6.81. The molecule has 0 aliphatic heterocycles. The second kappa shape index (κ2) is 6.05. The maximum absolute atomic E-state index is 13.5. The van der Waals surface area contributed by atoms with Gasteiger partial charge in [0, 0.05) is 23.0 Å². The topological polar surface area (TPSA) is 33.2 Å². The molecule has 1 heterocycles. The Morgan fingerprint density at radius 2 is 2.00 bits per heavy atom. The van der Waals surface area contributed by atoms with Gasteiger partial charge in [-0.2, -0.15) is 0 Å². The van der Waals surface area contributed by atoms with Gasteiger partial charge >= 0.3 is 0 Å². The average molecular weight is 417 g/mol. The number of aromatic nitrogens is 1. The number of halogens is 1. The van der Waals surface area contributed by atoms with Crippen LogP contribution in [0.4, 0.5) is 0 Å². The monoisotopic (exact) mass is 416 g/mol. The molecule has 1 aromatic heterocycles. The molecule has 0 spiro atoms. The number of pyridine rings is 1. The van der Waals surface area contributed by atoms with Gasteiger partial charge in [-0.3, -0.25) is 9.78 Å². The SMILES string of the molecule is CC(c1ccccn1)N(C(=O)CC12CC3CC(CC(Br)(C3)C1)C2)C1CC1. The number of hydrogen-bond acceptors (Lipinski definition) is 2. The van der Waals surface area contributed by atoms with Crippen molar-refractivity contribution < 1.29 is 4.79 Å². The lowest BCUT2D eigenvalue weighted by molar-refractivity contribution is -0.141. The highest BCUT2D eigenvalue weighted by Crippen LogP contribution is 2.65. The van der Waals surface area contributed by atoms with E-state index in [1.807, 2.05) is 18.3 Å². The predicted molar refractivity (Wildman–Crippen MR) is 106 cm³/mol. The van der Waals surface area contributed by atoms with Gasteiger partial charge in [0.2, 0.25) is 5.91 Å². The minimum Gasteiger partial charge on any atom is -0.331 e. The first-order chi connectivity index (χ1) is 12.5. The molecular weight excluding hydrogens is 388 g/mol. The highest BCUT2D eigenvalue weighted by atomic mass is 79.9. The molecule has 5 fully saturated rings. The Hall–Kier alpha value is -0.900. The lowest BCUT2D eigenvalue weighted by Gasteiger charge is -2.60. The molecule has 5 saturated carbocycles. The van der Waals surface area contributed by atoms with Crippen molar-refractivity contribution in [2.75, 3.05) is 0 Å². The number of rotatable bonds is 5. The number of amides is 1. The first kappa shape index (κ1) is 17.2. The number of hydrogen-bond donors (Lipinski definition) is 0. The van der Waals surface area contributed by atoms with Gasteiger partial charge in [0.25, 0.3) is 0 Å². The molecule has 0 saturated heterocycles. The van der Waals surface area contributed by atoms with Crippen molar-refractivity contribution >= 4 is 21.8 Å². The summed E-state index contributed by atoms with van der Waals surface area (Å²) in [6.07, 6.45) is 12.7. The molecule has 5 aliphatic rings. The standard InChI is InChI=1S/C22H29BrN2O/c1-15(19-4-2-3-7-24-19)25(18-5-6-18)20(26)13-21-9-16-8-17(10-21)12-22(23,11-16)14-21/h2-4,7,15-18H,5-6,8-14H2,1H3. The number of carbonyl (C=O) groups excluding carboxylic acids is 1. The lowest BCUT2D eigenvalue weighted by Crippen LogP contribution is -2.54. The molecule has 0 aromatic carbocycles. The second-order valence-electron chi connectivity index (χ2n) is 9.75. The highest BCUT2D eigenvalue weighted by molar-refractivity contribution is 9.10. The Balaban J connectivity index is 1.37. The lowest BCUT2D eigenvalue weighted by atomic mass is 9.48. The smallest absolute Gasteiger partial charge is 0.223 e. The number of carbonyl (C=O) groups is 1. The van der Waals surface area contributed by atoms with Crippen molar-refractivity contribution in [3.05, 3.63) is 30.1 Å². The Kier molecular flexibility index (Phi) is 4.01. The normalized spacial score (nSPS) is 39.0. The molecular formula is C22H29BrN2O. The molecule has 3 atom stereocenters. The van der Waals surface area contributed by atoms with Crippen LogP contribution in [-0.4, -0.2) is 26.2 Å². The van der Waals surface area contributed by atoms with Gasteiger partial charge in [0.1, 0.15) is 0 Å². The Morgan fingerprint density at radius 1 is 1.27 bits per heavy atom. The summed E-state index contributed by atoms with van der Waals surface area (Å²) in [5.74, 6) is 2.06. The van der Waals surface area contributed by atoms with E-state index in [1.165, 1.54) is 38.5 Å². The van der Waals surface area contributed by atoms with Gasteiger partial charge in [-0.05, 0) is 87.7 Å². The molecule has 0 N–H and O–H groups in total. The van der Waals surface area contributed by atoms with Crippen LogP contribution < -0.4 is 0 Å². The van der Waals surface area contributed by atoms with E-state index in [-0.39, 0.29) is 11.5 Å². The summed E-state index contributed by atoms with van der Waals surface area (Å²) in [5.41, 5.74) is 1.27. The van der Waals surface area contributed by atoms with Crippen LogP contribution in [0.2, 0.25) is 0 Å². The Bertz CT molecular complexity index is 687. The van der Waals surface area contributed by atoms with E-state index in [4.69, 9.17) is 0 Å². The van der Waals surface area contributed by atoms with Crippen molar-refractivity contribution in [1.29, 1.82) is 0 Å². The quantitative estimate of drug-likeness (QED) is 0.613. The summed E-state index contributed by atoms with van der Waals surface area (Å²) < 4.78 is 0.328. The molecule has 140 valence electrons. The van der Waals surface area contributed by atoms with Crippen LogP contribution >= 0.6 is 15.9 Å². The molecule has 26 heavy (non-hydrogen) atoms. The van der Waals surface area contributed by atoms with Gasteiger partial charge in [-0.1, -0.05) is 22.0 Å². The minimum atomic E-state index is 0.0862. The summed E-state index contributed by atoms with van der Waals surface area (Å²) in [7, 11) is 0. The molecule has 4 bridgehead atoms. The van der Waals surface area contributed by atoms with Crippen molar-refractivity contribution in [2.45, 2.75) is 81.1 Å². The molecule has 1 aromatic rings. The van der Waals surface area contributed by atoms with E-state index in [9.17, 15) is 4.79 Å². The second-order valence-corrected chi connectivity index (χ2v) is 11.4. The molecule has 5 aliphatic carbocycles. The Labute approximate surface area is 165 Å². The van der Waals surface area contributed by atoms with E-state index in [0.29, 0.717) is 16.3 Å².